The van der Waals surface area contributed by atoms with Crippen molar-refractivity contribution in [1.82, 2.24) is 0 Å². The van der Waals surface area contributed by atoms with Crippen LogP contribution in [0.2, 0.25) is 0 Å². The van der Waals surface area contributed by atoms with E-state index >= 15 is 0 Å². The van der Waals surface area contributed by atoms with Gasteiger partial charge in [0, 0.05) is 21.8 Å². The Morgan fingerprint density at radius 3 is 2.17 bits per heavy atom. The van der Waals surface area contributed by atoms with E-state index in [1.165, 1.54) is 11.1 Å². The second-order valence-corrected chi connectivity index (χ2v) is 4.55. The van der Waals surface area contributed by atoms with Crippen molar-refractivity contribution in [1.29, 1.82) is 0 Å². The molecule has 0 saturated carbocycles. The molecule has 0 heterocycles. The third-order valence-electron chi connectivity index (χ3n) is 2.81. The Morgan fingerprint density at radius 2 is 1.61 bits per heavy atom. The number of alkyl halides is 1. The Bertz CT molecular complexity index is 545. The van der Waals surface area contributed by atoms with Crippen LogP contribution in [-0.2, 0) is 0 Å². The van der Waals surface area contributed by atoms with E-state index in [0.29, 0.717) is 11.6 Å². The van der Waals surface area contributed by atoms with Gasteiger partial charge in [0.2, 0.25) is 0 Å². The fourth-order valence-corrected chi connectivity index (χ4v) is 2.63. The molecule has 90 valence electrons. The third kappa shape index (κ3) is 2.92. The monoisotopic (exact) mass is 301 g/mol. The summed E-state index contributed by atoms with van der Waals surface area (Å²) in [6.07, 6.45) is 0. The Kier molecular flexibility index (Phi) is 4.40. The van der Waals surface area contributed by atoms with Gasteiger partial charge in [-0.1, -0.05) is 75.6 Å². The average Bonchev–Trinajstić information content (AvgIpc) is 2.43. The fourth-order valence-electron chi connectivity index (χ4n) is 1.88. The largest absolute Gasteiger partial charge is 0.0918 e. The Labute approximate surface area is 114 Å². The molecule has 0 amide bonds. The Balaban J connectivity index is 2.31. The first kappa shape index (κ1) is 12.7. The maximum atomic E-state index is 8.37. The molecule has 0 fully saturated rings. The number of hydrogen-bond donors (Lipinski definition) is 0. The van der Waals surface area contributed by atoms with Gasteiger partial charge in [0.15, 0.2) is 0 Å². The topological polar surface area (TPSA) is 48.8 Å². The smallest absolute Gasteiger partial charge is 0.0375 e. The summed E-state index contributed by atoms with van der Waals surface area (Å²) in [6.45, 7) is 0. The van der Waals surface area contributed by atoms with E-state index in [-0.39, 0.29) is 0 Å². The molecule has 0 aromatic heterocycles. The minimum absolute atomic E-state index is 0.311. The summed E-state index contributed by atoms with van der Waals surface area (Å²) in [4.78, 5) is 2.77. The second-order valence-electron chi connectivity index (χ2n) is 3.90. The molecule has 0 spiro atoms. The second kappa shape index (κ2) is 6.24. The molecule has 0 aliphatic rings. The highest BCUT2D eigenvalue weighted by Gasteiger charge is 2.11. The number of azide groups is 1. The molecule has 3 nitrogen and oxygen atoms in total. The van der Waals surface area contributed by atoms with Gasteiger partial charge >= 0.3 is 0 Å². The highest BCUT2D eigenvalue weighted by atomic mass is 79.9. The van der Waals surface area contributed by atoms with E-state index in [9.17, 15) is 0 Å². The molecule has 2 aromatic rings. The van der Waals surface area contributed by atoms with Crippen LogP contribution in [0.5, 0.6) is 0 Å². The van der Waals surface area contributed by atoms with Crippen LogP contribution in [0.4, 0.5) is 5.69 Å². The van der Waals surface area contributed by atoms with Crippen LogP contribution in [0.1, 0.15) is 17.0 Å². The van der Waals surface area contributed by atoms with Crippen LogP contribution in [0.3, 0.4) is 0 Å². The first-order valence-electron chi connectivity index (χ1n) is 5.61. The normalized spacial score (nSPS) is 11.6. The van der Waals surface area contributed by atoms with Gasteiger partial charge in [-0.3, -0.25) is 0 Å². The lowest BCUT2D eigenvalue weighted by atomic mass is 9.93. The molecular weight excluding hydrogens is 290 g/mol. The highest BCUT2D eigenvalue weighted by molar-refractivity contribution is 9.09. The van der Waals surface area contributed by atoms with Gasteiger partial charge in [0.1, 0.15) is 0 Å². The van der Waals surface area contributed by atoms with Crippen molar-refractivity contribution in [2.24, 2.45) is 5.11 Å². The zero-order chi connectivity index (χ0) is 12.8. The molecule has 0 aliphatic carbocycles. The molecule has 0 bridgehead atoms. The maximum Gasteiger partial charge on any atom is 0.0375 e. The van der Waals surface area contributed by atoms with E-state index in [0.717, 1.165) is 5.33 Å². The molecule has 0 radical (unpaired) electrons. The minimum Gasteiger partial charge on any atom is -0.0918 e. The van der Waals surface area contributed by atoms with Gasteiger partial charge in [-0.05, 0) is 16.7 Å². The zero-order valence-corrected chi connectivity index (χ0v) is 11.3. The third-order valence-corrected chi connectivity index (χ3v) is 3.46. The van der Waals surface area contributed by atoms with E-state index in [1.54, 1.807) is 0 Å². The Morgan fingerprint density at radius 1 is 1.00 bits per heavy atom. The SMILES string of the molecule is [N-]=[N+]=Nc1ccc(C(CBr)c2ccccc2)cc1. The van der Waals surface area contributed by atoms with Gasteiger partial charge in [0.05, 0.1) is 0 Å². The molecular formula is C14H12BrN3. The van der Waals surface area contributed by atoms with Crippen molar-refractivity contribution in [3.63, 3.8) is 0 Å². The number of halogens is 1. The molecule has 1 unspecified atom stereocenters. The van der Waals surface area contributed by atoms with Crippen molar-refractivity contribution in [2.75, 3.05) is 5.33 Å². The molecule has 18 heavy (non-hydrogen) atoms. The van der Waals surface area contributed by atoms with E-state index in [2.05, 4.69) is 38.1 Å². The molecule has 2 aromatic carbocycles. The van der Waals surface area contributed by atoms with Gasteiger partial charge in [0.25, 0.3) is 0 Å². The number of hydrogen-bond acceptors (Lipinski definition) is 1. The van der Waals surface area contributed by atoms with Crippen molar-refractivity contribution in [3.05, 3.63) is 76.2 Å². The quantitative estimate of drug-likeness (QED) is 0.324. The van der Waals surface area contributed by atoms with Gasteiger partial charge in [-0.25, -0.2) is 0 Å². The summed E-state index contributed by atoms with van der Waals surface area (Å²) in [5.41, 5.74) is 11.5. The van der Waals surface area contributed by atoms with E-state index in [4.69, 9.17) is 5.53 Å². The van der Waals surface area contributed by atoms with Crippen molar-refractivity contribution in [3.8, 4) is 0 Å². The predicted octanol–water partition coefficient (Wildman–Crippen LogP) is 5.16. The van der Waals surface area contributed by atoms with Crippen LogP contribution in [0.25, 0.3) is 10.4 Å². The number of rotatable bonds is 4. The average molecular weight is 302 g/mol. The molecule has 4 heteroatoms. The summed E-state index contributed by atoms with van der Waals surface area (Å²) < 4.78 is 0. The van der Waals surface area contributed by atoms with Crippen LogP contribution < -0.4 is 0 Å². The molecule has 1 atom stereocenters. The maximum absolute atomic E-state index is 8.37. The van der Waals surface area contributed by atoms with Crippen LogP contribution in [-0.4, -0.2) is 5.33 Å². The first-order chi connectivity index (χ1) is 8.85. The summed E-state index contributed by atoms with van der Waals surface area (Å²) in [6, 6.07) is 18.0. The number of benzene rings is 2. The van der Waals surface area contributed by atoms with Crippen molar-refractivity contribution in [2.45, 2.75) is 5.92 Å². The van der Waals surface area contributed by atoms with Crippen molar-refractivity contribution >= 4 is 21.6 Å². The first-order valence-corrected chi connectivity index (χ1v) is 6.73. The highest BCUT2D eigenvalue weighted by Crippen LogP contribution is 2.27. The van der Waals surface area contributed by atoms with Crippen molar-refractivity contribution < 1.29 is 0 Å². The molecule has 2 rings (SSSR count). The van der Waals surface area contributed by atoms with Gasteiger partial charge in [-0.15, -0.1) is 0 Å². The van der Waals surface area contributed by atoms with Crippen LogP contribution in [0.15, 0.2) is 59.7 Å². The minimum atomic E-state index is 0.311. The Hall–Kier alpha value is -1.77. The summed E-state index contributed by atoms with van der Waals surface area (Å²) in [5.74, 6) is 0.311. The number of nitrogens with zero attached hydrogens (tertiary/aromatic N) is 3. The molecule has 0 aliphatic heterocycles. The zero-order valence-electron chi connectivity index (χ0n) is 9.70. The van der Waals surface area contributed by atoms with Crippen LogP contribution in [0, 0.1) is 0 Å². The summed E-state index contributed by atoms with van der Waals surface area (Å²) >= 11 is 3.56. The van der Waals surface area contributed by atoms with Gasteiger partial charge < -0.3 is 0 Å². The standard InChI is InChI=1S/C14H12BrN3/c15-10-14(11-4-2-1-3-5-11)12-6-8-13(9-7-12)17-18-16/h1-9,14H,10H2. The fraction of sp³-hybridized carbons (Fsp3) is 0.143. The lowest BCUT2D eigenvalue weighted by Crippen LogP contribution is -2.01. The molecule has 0 N–H and O–H groups in total. The lowest BCUT2D eigenvalue weighted by molar-refractivity contribution is 0.944. The predicted molar refractivity (Wildman–Crippen MR) is 77.3 cm³/mol. The molecule has 0 saturated heterocycles. The van der Waals surface area contributed by atoms with Crippen LogP contribution >= 0.6 is 15.9 Å². The summed E-state index contributed by atoms with van der Waals surface area (Å²) in [7, 11) is 0. The lowest BCUT2D eigenvalue weighted by Gasteiger charge is -2.15. The summed E-state index contributed by atoms with van der Waals surface area (Å²) in [5, 5.41) is 4.43. The van der Waals surface area contributed by atoms with Gasteiger partial charge in [-0.2, -0.15) is 0 Å². The van der Waals surface area contributed by atoms with E-state index in [1.807, 2.05) is 42.5 Å². The van der Waals surface area contributed by atoms with E-state index < -0.39 is 0 Å².